The molecule has 1 aliphatic carbocycles. The van der Waals surface area contributed by atoms with Crippen LogP contribution in [0.2, 0.25) is 0 Å². The van der Waals surface area contributed by atoms with Gasteiger partial charge in [0.25, 0.3) is 0 Å². The van der Waals surface area contributed by atoms with Crippen LogP contribution in [0, 0.1) is 36.5 Å². The molecular weight excluding hydrogens is 442 g/mol. The maximum absolute atomic E-state index is 13.1. The number of aryl methyl sites for hydroxylation is 2. The van der Waals surface area contributed by atoms with Crippen LogP contribution in [0.5, 0.6) is 5.75 Å². The molecule has 1 amide bonds. The molecule has 0 radical (unpaired) electrons. The van der Waals surface area contributed by atoms with E-state index in [2.05, 4.69) is 19.9 Å². The summed E-state index contributed by atoms with van der Waals surface area (Å²) in [7, 11) is 1.14. The quantitative estimate of drug-likeness (QED) is 0.452. The lowest BCUT2D eigenvalue weighted by Gasteiger charge is -2.55. The first-order valence-corrected chi connectivity index (χ1v) is 12.6. The fourth-order valence-electron chi connectivity index (χ4n) is 4.71. The Labute approximate surface area is 198 Å². The number of hydrogen-bond donors (Lipinski definition) is 0. The van der Waals surface area contributed by atoms with Crippen molar-refractivity contribution >= 4 is 15.9 Å². The van der Waals surface area contributed by atoms with E-state index in [1.165, 1.54) is 11.4 Å². The minimum absolute atomic E-state index is 0.0381. The van der Waals surface area contributed by atoms with Crippen LogP contribution in [0.25, 0.3) is 0 Å². The molecule has 0 spiro atoms. The van der Waals surface area contributed by atoms with Gasteiger partial charge in [0, 0.05) is 33.1 Å². The number of nitrogens with zero attached hydrogens (tertiary/aromatic N) is 3. The molecule has 0 unspecified atom stereocenters. The van der Waals surface area contributed by atoms with Gasteiger partial charge in [0.1, 0.15) is 12.4 Å². The highest BCUT2D eigenvalue weighted by Crippen LogP contribution is 2.50. The topological polar surface area (TPSA) is 99.9 Å². The van der Waals surface area contributed by atoms with E-state index in [1.807, 2.05) is 0 Å². The molecule has 1 aromatic carbocycles. The number of hydrogen-bond acceptors (Lipinski definition) is 6. The largest absolute Gasteiger partial charge is 0.497 e. The summed E-state index contributed by atoms with van der Waals surface area (Å²) >= 11 is 0. The summed E-state index contributed by atoms with van der Waals surface area (Å²) in [5, 5.41) is 8.81. The molecule has 9 heteroatoms. The molecule has 0 aromatic heterocycles. The second kappa shape index (κ2) is 10.9. The van der Waals surface area contributed by atoms with Crippen LogP contribution >= 0.6 is 0 Å². The molecule has 1 aromatic rings. The van der Waals surface area contributed by atoms with Gasteiger partial charge in [-0.1, -0.05) is 13.8 Å². The molecule has 33 heavy (non-hydrogen) atoms. The van der Waals surface area contributed by atoms with E-state index >= 15 is 0 Å². The Morgan fingerprint density at radius 3 is 2.36 bits per heavy atom. The minimum Gasteiger partial charge on any atom is -0.497 e. The highest BCUT2D eigenvalue weighted by atomic mass is 32.2. The number of ether oxygens (including phenoxy) is 2. The second-order valence-electron chi connectivity index (χ2n) is 9.44. The zero-order valence-corrected chi connectivity index (χ0v) is 21.7. The average Bonchev–Trinajstić information content (AvgIpc) is 2.74. The summed E-state index contributed by atoms with van der Waals surface area (Å²) in [6, 6.07) is 5.71. The number of methoxy groups -OCH3 is 1. The van der Waals surface area contributed by atoms with Gasteiger partial charge in [-0.3, -0.25) is 4.79 Å². The van der Waals surface area contributed by atoms with Crippen LogP contribution in [-0.4, -0.2) is 70.5 Å². The first-order valence-electron chi connectivity index (χ1n) is 11.2. The van der Waals surface area contributed by atoms with E-state index < -0.39 is 10.0 Å². The van der Waals surface area contributed by atoms with Crippen molar-refractivity contribution in [3.05, 3.63) is 23.3 Å². The van der Waals surface area contributed by atoms with E-state index in [1.54, 1.807) is 45.0 Å². The van der Waals surface area contributed by atoms with Gasteiger partial charge in [0.05, 0.1) is 24.7 Å². The first-order chi connectivity index (χ1) is 15.4. The number of sulfonamides is 1. The third-order valence-corrected chi connectivity index (χ3v) is 9.16. The van der Waals surface area contributed by atoms with Crippen molar-refractivity contribution in [1.82, 2.24) is 9.21 Å². The summed E-state index contributed by atoms with van der Waals surface area (Å²) in [5.41, 5.74) is 1.20. The van der Waals surface area contributed by atoms with Gasteiger partial charge >= 0.3 is 0 Å². The Balaban J connectivity index is 1.87. The molecule has 1 fully saturated rings. The molecule has 8 nitrogen and oxygen atoms in total. The highest BCUT2D eigenvalue weighted by molar-refractivity contribution is 7.89. The maximum atomic E-state index is 13.1. The number of rotatable bonds is 11. The smallest absolute Gasteiger partial charge is 0.248 e. The molecule has 0 aliphatic heterocycles. The lowest BCUT2D eigenvalue weighted by atomic mass is 9.56. The molecule has 0 saturated heterocycles. The normalized spacial score (nSPS) is 19.6. The molecule has 0 heterocycles. The Hall–Kier alpha value is -2.15. The fourth-order valence-corrected chi connectivity index (χ4v) is 6.27. The van der Waals surface area contributed by atoms with Gasteiger partial charge in [0.15, 0.2) is 0 Å². The molecule has 0 bridgehead atoms. The highest BCUT2D eigenvalue weighted by Gasteiger charge is 2.50. The lowest BCUT2D eigenvalue weighted by molar-refractivity contribution is -0.148. The molecule has 1 saturated carbocycles. The van der Waals surface area contributed by atoms with Gasteiger partial charge < -0.3 is 14.4 Å². The van der Waals surface area contributed by atoms with E-state index in [9.17, 15) is 13.2 Å². The van der Waals surface area contributed by atoms with Crippen molar-refractivity contribution in [2.75, 3.05) is 41.0 Å². The maximum Gasteiger partial charge on any atom is 0.248 e. The Morgan fingerprint density at radius 1 is 1.24 bits per heavy atom. The van der Waals surface area contributed by atoms with Crippen LogP contribution < -0.4 is 4.74 Å². The predicted molar refractivity (Wildman–Crippen MR) is 126 cm³/mol. The van der Waals surface area contributed by atoms with Gasteiger partial charge in [-0.2, -0.15) is 9.57 Å². The molecule has 2 rings (SSSR count). The van der Waals surface area contributed by atoms with Crippen LogP contribution in [0.3, 0.4) is 0 Å². The SMILES string of the molecule is COc1cc(C)c(S(=O)(=O)N(C)CCOCC(=O)N(C)[C@H]2C[C@@H](CCC#N)C2(C)C)c(C)c1. The van der Waals surface area contributed by atoms with E-state index in [0.29, 0.717) is 29.2 Å². The average molecular weight is 480 g/mol. The predicted octanol–water partition coefficient (Wildman–Crippen LogP) is 3.13. The zero-order chi connectivity index (χ0) is 25.0. The lowest BCUT2D eigenvalue weighted by Crippen LogP contribution is -2.59. The number of carbonyl (C=O) groups is 1. The number of amides is 1. The Kier molecular flexibility index (Phi) is 8.91. The first kappa shape index (κ1) is 27.1. The molecule has 0 N–H and O–H groups in total. The Morgan fingerprint density at radius 2 is 1.85 bits per heavy atom. The second-order valence-corrected chi connectivity index (χ2v) is 11.4. The van der Waals surface area contributed by atoms with Crippen molar-refractivity contribution in [3.8, 4) is 11.8 Å². The van der Waals surface area contributed by atoms with Crippen molar-refractivity contribution < 1.29 is 22.7 Å². The van der Waals surface area contributed by atoms with Gasteiger partial charge in [0.2, 0.25) is 15.9 Å². The summed E-state index contributed by atoms with van der Waals surface area (Å²) < 4.78 is 38.1. The van der Waals surface area contributed by atoms with Crippen molar-refractivity contribution in [2.45, 2.75) is 57.9 Å². The molecular formula is C24H37N3O5S. The van der Waals surface area contributed by atoms with Crippen LogP contribution in [0.4, 0.5) is 0 Å². The van der Waals surface area contributed by atoms with Crippen LogP contribution in [0.1, 0.15) is 44.2 Å². The third-order valence-electron chi connectivity index (χ3n) is 7.00. The fraction of sp³-hybridized carbons (Fsp3) is 0.667. The van der Waals surface area contributed by atoms with Gasteiger partial charge in [-0.25, -0.2) is 8.42 Å². The summed E-state index contributed by atoms with van der Waals surface area (Å²) in [6.45, 7) is 7.91. The Bertz CT molecular complexity index is 977. The minimum atomic E-state index is -3.70. The number of benzene rings is 1. The number of likely N-dealkylation sites (N-methyl/N-ethyl adjacent to an activating group) is 2. The van der Waals surface area contributed by atoms with Crippen molar-refractivity contribution in [2.24, 2.45) is 11.3 Å². The van der Waals surface area contributed by atoms with E-state index in [0.717, 1.165) is 12.8 Å². The standard InChI is InChI=1S/C24H37N3O5S/c1-17-13-20(31-7)14-18(2)23(17)33(29,30)26(5)11-12-32-16-22(28)27(6)21-15-19(9-8-10-25)24(21,3)4/h13-14,19,21H,8-9,11-12,15-16H2,1-7H3/t19-,21+/m1/s1. The van der Waals surface area contributed by atoms with E-state index in [4.69, 9.17) is 14.7 Å². The summed E-state index contributed by atoms with van der Waals surface area (Å²) in [4.78, 5) is 14.6. The van der Waals surface area contributed by atoms with E-state index in [-0.39, 0.29) is 42.0 Å². The van der Waals surface area contributed by atoms with Crippen molar-refractivity contribution in [1.29, 1.82) is 5.26 Å². The number of carbonyl (C=O) groups excluding carboxylic acids is 1. The monoisotopic (exact) mass is 479 g/mol. The summed E-state index contributed by atoms with van der Waals surface area (Å²) in [6.07, 6.45) is 2.28. The van der Waals surface area contributed by atoms with Crippen LogP contribution in [0.15, 0.2) is 17.0 Å². The van der Waals surface area contributed by atoms with Gasteiger partial charge in [-0.15, -0.1) is 0 Å². The molecule has 2 atom stereocenters. The van der Waals surface area contributed by atoms with Crippen LogP contribution in [-0.2, 0) is 19.6 Å². The molecule has 1 aliphatic rings. The summed E-state index contributed by atoms with van der Waals surface area (Å²) in [5.74, 6) is 0.921. The molecule has 184 valence electrons. The zero-order valence-electron chi connectivity index (χ0n) is 20.8. The van der Waals surface area contributed by atoms with Crippen molar-refractivity contribution in [3.63, 3.8) is 0 Å². The third kappa shape index (κ3) is 5.86. The number of nitriles is 1. The van der Waals surface area contributed by atoms with Gasteiger partial charge in [-0.05, 0) is 61.3 Å².